The Kier molecular flexibility index (Phi) is 11.5. The lowest BCUT2D eigenvalue weighted by Gasteiger charge is -2.19. The zero-order valence-corrected chi connectivity index (χ0v) is 11.4. The second-order valence-electron chi connectivity index (χ2n) is 4.31. The maximum atomic E-state index is 12.2. The van der Waals surface area contributed by atoms with Crippen molar-refractivity contribution in [1.82, 2.24) is 0 Å². The summed E-state index contributed by atoms with van der Waals surface area (Å²) in [5.74, 6) is -0.582. The predicted octanol–water partition coefficient (Wildman–Crippen LogP) is 4.22. The fourth-order valence-electron chi connectivity index (χ4n) is 1.74. The van der Waals surface area contributed by atoms with Gasteiger partial charge in [-0.2, -0.15) is 0 Å². The summed E-state index contributed by atoms with van der Waals surface area (Å²) in [4.78, 5) is 24.2. The van der Waals surface area contributed by atoms with Gasteiger partial charge in [-0.15, -0.1) is 0 Å². The molecule has 0 saturated heterocycles. The lowest BCUT2D eigenvalue weighted by molar-refractivity contribution is -0.121. The summed E-state index contributed by atoms with van der Waals surface area (Å²) in [6.45, 7) is 5.53. The van der Waals surface area contributed by atoms with Crippen LogP contribution in [0.2, 0.25) is 0 Å². The Hall–Kier alpha value is -1.84. The summed E-state index contributed by atoms with van der Waals surface area (Å²) in [6.07, 6.45) is 2.34. The Labute approximate surface area is 129 Å². The summed E-state index contributed by atoms with van der Waals surface area (Å²) in [6, 6.07) is 0. The van der Waals surface area contributed by atoms with Crippen LogP contribution in [0.5, 0.6) is 0 Å². The van der Waals surface area contributed by atoms with Crippen LogP contribution in [0.25, 0.3) is 0 Å². The molecule has 1 rings (SSSR count). The van der Waals surface area contributed by atoms with Crippen LogP contribution in [0.1, 0.15) is 49.5 Å². The normalized spacial score (nSPS) is 13.8. The predicted molar refractivity (Wildman–Crippen MR) is 88.0 cm³/mol. The number of methoxy groups -OCH3 is 2. The SMILES string of the molecule is C.C.C.COC1=C(OC)C(=O)C(CC=C(C)C)=C(C)C1=O. The Morgan fingerprint density at radius 1 is 0.952 bits per heavy atom. The van der Waals surface area contributed by atoms with E-state index < -0.39 is 0 Å². The summed E-state index contributed by atoms with van der Waals surface area (Å²) in [7, 11) is 2.71. The van der Waals surface area contributed by atoms with Crippen LogP contribution in [0.15, 0.2) is 34.3 Å². The second kappa shape index (κ2) is 9.97. The number of rotatable bonds is 4. The van der Waals surface area contributed by atoms with Crippen molar-refractivity contribution in [3.05, 3.63) is 34.3 Å². The number of allylic oxidation sites excluding steroid dienone is 4. The van der Waals surface area contributed by atoms with E-state index in [0.717, 1.165) is 5.57 Å². The molecule has 0 spiro atoms. The summed E-state index contributed by atoms with van der Waals surface area (Å²) < 4.78 is 9.95. The standard InChI is InChI=1S/C14H18O4.3CH4/c1-8(2)6-7-10-9(3)11(15)13(17-4)14(18-5)12(10)16;;;/h6H,7H2,1-5H3;3*1H4. The number of hydrogen-bond donors (Lipinski definition) is 0. The van der Waals surface area contributed by atoms with Gasteiger partial charge >= 0.3 is 0 Å². The van der Waals surface area contributed by atoms with Gasteiger partial charge in [-0.3, -0.25) is 9.59 Å². The minimum Gasteiger partial charge on any atom is -0.489 e. The molecule has 4 heteroatoms. The van der Waals surface area contributed by atoms with E-state index in [4.69, 9.17) is 9.47 Å². The van der Waals surface area contributed by atoms with Crippen molar-refractivity contribution in [1.29, 1.82) is 0 Å². The highest BCUT2D eigenvalue weighted by atomic mass is 16.5. The third kappa shape index (κ3) is 4.88. The number of Topliss-reactive ketones (excluding diaryl/α,β-unsaturated/α-hetero) is 2. The first kappa shape index (κ1) is 24.2. The van der Waals surface area contributed by atoms with E-state index in [1.807, 2.05) is 19.9 Å². The van der Waals surface area contributed by atoms with Gasteiger partial charge in [-0.05, 0) is 27.2 Å². The van der Waals surface area contributed by atoms with E-state index in [1.54, 1.807) is 6.92 Å². The molecular weight excluding hydrogens is 268 g/mol. The molecule has 0 N–H and O–H groups in total. The Bertz CT molecular complexity index is 475. The molecular formula is C17H30O4. The molecule has 1 aliphatic carbocycles. The van der Waals surface area contributed by atoms with Crippen LogP contribution in [-0.4, -0.2) is 25.8 Å². The minimum atomic E-state index is -0.286. The number of carbonyl (C=O) groups is 2. The zero-order chi connectivity index (χ0) is 13.9. The Morgan fingerprint density at radius 3 is 1.76 bits per heavy atom. The molecule has 0 bridgehead atoms. The molecule has 0 amide bonds. The molecule has 0 heterocycles. The number of hydrogen-bond acceptors (Lipinski definition) is 4. The van der Waals surface area contributed by atoms with Crippen molar-refractivity contribution in [3.63, 3.8) is 0 Å². The molecule has 0 radical (unpaired) electrons. The van der Waals surface area contributed by atoms with Crippen molar-refractivity contribution in [2.45, 2.75) is 49.5 Å². The third-order valence-corrected chi connectivity index (χ3v) is 2.81. The fraction of sp³-hybridized carbons (Fsp3) is 0.529. The molecule has 0 aromatic heterocycles. The monoisotopic (exact) mass is 298 g/mol. The molecule has 0 aliphatic heterocycles. The minimum absolute atomic E-state index is 0. The quantitative estimate of drug-likeness (QED) is 0.576. The van der Waals surface area contributed by atoms with Crippen molar-refractivity contribution in [3.8, 4) is 0 Å². The van der Waals surface area contributed by atoms with E-state index >= 15 is 0 Å². The molecule has 21 heavy (non-hydrogen) atoms. The zero-order valence-electron chi connectivity index (χ0n) is 11.4. The van der Waals surface area contributed by atoms with E-state index in [-0.39, 0.29) is 45.4 Å². The van der Waals surface area contributed by atoms with Crippen LogP contribution in [0.3, 0.4) is 0 Å². The fourth-order valence-corrected chi connectivity index (χ4v) is 1.74. The summed E-state index contributed by atoms with van der Waals surface area (Å²) in [5.41, 5.74) is 1.99. The van der Waals surface area contributed by atoms with E-state index in [2.05, 4.69) is 0 Å². The molecule has 1 aliphatic rings. The first-order valence-electron chi connectivity index (χ1n) is 5.68. The highest BCUT2D eigenvalue weighted by molar-refractivity contribution is 6.23. The lowest BCUT2D eigenvalue weighted by atomic mass is 9.90. The smallest absolute Gasteiger partial charge is 0.228 e. The van der Waals surface area contributed by atoms with Crippen LogP contribution in [0, 0.1) is 0 Å². The van der Waals surface area contributed by atoms with Gasteiger partial charge in [0.25, 0.3) is 0 Å². The van der Waals surface area contributed by atoms with Gasteiger partial charge in [0.1, 0.15) is 0 Å². The molecule has 0 aromatic rings. The molecule has 0 fully saturated rings. The average Bonchev–Trinajstić information content (AvgIpc) is 2.32. The number of ether oxygens (including phenoxy) is 2. The van der Waals surface area contributed by atoms with Crippen molar-refractivity contribution < 1.29 is 19.1 Å². The largest absolute Gasteiger partial charge is 0.489 e. The molecule has 0 aromatic carbocycles. The van der Waals surface area contributed by atoms with Gasteiger partial charge in [0.15, 0.2) is 0 Å². The first-order valence-corrected chi connectivity index (χ1v) is 5.68. The Morgan fingerprint density at radius 2 is 1.38 bits per heavy atom. The average molecular weight is 298 g/mol. The van der Waals surface area contributed by atoms with E-state index in [1.165, 1.54) is 14.2 Å². The maximum Gasteiger partial charge on any atom is 0.228 e. The topological polar surface area (TPSA) is 52.6 Å². The van der Waals surface area contributed by atoms with Crippen molar-refractivity contribution >= 4 is 11.6 Å². The molecule has 0 saturated carbocycles. The van der Waals surface area contributed by atoms with Gasteiger partial charge in [0.2, 0.25) is 23.1 Å². The molecule has 0 unspecified atom stereocenters. The third-order valence-electron chi connectivity index (χ3n) is 2.81. The second-order valence-corrected chi connectivity index (χ2v) is 4.31. The van der Waals surface area contributed by atoms with Crippen LogP contribution >= 0.6 is 0 Å². The van der Waals surface area contributed by atoms with Gasteiger partial charge in [0, 0.05) is 11.1 Å². The van der Waals surface area contributed by atoms with E-state index in [0.29, 0.717) is 17.6 Å². The summed E-state index contributed by atoms with van der Waals surface area (Å²) in [5, 5.41) is 0. The molecule has 4 nitrogen and oxygen atoms in total. The molecule has 122 valence electrons. The molecule has 0 atom stereocenters. The van der Waals surface area contributed by atoms with Crippen molar-refractivity contribution in [2.24, 2.45) is 0 Å². The van der Waals surface area contributed by atoms with E-state index in [9.17, 15) is 9.59 Å². The lowest BCUT2D eigenvalue weighted by Crippen LogP contribution is -2.24. The number of ketones is 2. The highest BCUT2D eigenvalue weighted by Gasteiger charge is 2.33. The van der Waals surface area contributed by atoms with Crippen LogP contribution in [0.4, 0.5) is 0 Å². The van der Waals surface area contributed by atoms with Crippen molar-refractivity contribution in [2.75, 3.05) is 14.2 Å². The van der Waals surface area contributed by atoms with Crippen LogP contribution < -0.4 is 0 Å². The summed E-state index contributed by atoms with van der Waals surface area (Å²) >= 11 is 0. The first-order chi connectivity index (χ1) is 8.43. The number of carbonyl (C=O) groups excluding carboxylic acids is 2. The van der Waals surface area contributed by atoms with Gasteiger partial charge in [-0.25, -0.2) is 0 Å². The Balaban J connectivity index is -0.00000108. The van der Waals surface area contributed by atoms with Gasteiger partial charge in [-0.1, -0.05) is 33.9 Å². The highest BCUT2D eigenvalue weighted by Crippen LogP contribution is 2.27. The van der Waals surface area contributed by atoms with Crippen LogP contribution in [-0.2, 0) is 19.1 Å². The maximum absolute atomic E-state index is 12.2. The van der Waals surface area contributed by atoms with Gasteiger partial charge < -0.3 is 9.47 Å². The van der Waals surface area contributed by atoms with Gasteiger partial charge in [0.05, 0.1) is 14.2 Å².